The molecule has 0 saturated heterocycles. The average molecular weight is 349 g/mol. The third-order valence-electron chi connectivity index (χ3n) is 2.57. The highest BCUT2D eigenvalue weighted by Crippen LogP contribution is 2.36. The molecule has 20 heavy (non-hydrogen) atoms. The number of benzene rings is 2. The largest absolute Gasteiger partial charge is 0.418 e. The number of alkyl halides is 3. The molecule has 0 unspecified atom stereocenters. The Kier molecular flexibility index (Phi) is 3.89. The maximum absolute atomic E-state index is 13.5. The Morgan fingerprint density at radius 1 is 1.05 bits per heavy atom. The Hall–Kier alpha value is -1.76. The first kappa shape index (κ1) is 14.6. The van der Waals surface area contributed by atoms with Gasteiger partial charge in [0.2, 0.25) is 0 Å². The summed E-state index contributed by atoms with van der Waals surface area (Å²) in [7, 11) is 0. The molecule has 0 spiro atoms. The Labute approximate surface area is 120 Å². The molecule has 0 bridgehead atoms. The maximum Gasteiger partial charge on any atom is 0.418 e. The minimum atomic E-state index is -4.56. The molecule has 0 aliphatic rings. The first-order valence-corrected chi connectivity index (χ1v) is 6.25. The van der Waals surface area contributed by atoms with E-state index in [0.29, 0.717) is 4.47 Å². The molecule has 0 saturated carbocycles. The van der Waals surface area contributed by atoms with Gasteiger partial charge in [-0.05, 0) is 36.4 Å². The van der Waals surface area contributed by atoms with E-state index in [1.165, 1.54) is 24.3 Å². The summed E-state index contributed by atoms with van der Waals surface area (Å²) in [5.74, 6) is -0.571. The van der Waals surface area contributed by atoms with Crippen LogP contribution in [-0.4, -0.2) is 0 Å². The molecule has 2 rings (SSSR count). The van der Waals surface area contributed by atoms with Crippen LogP contribution < -0.4 is 11.1 Å². The first-order valence-electron chi connectivity index (χ1n) is 5.46. The van der Waals surface area contributed by atoms with Crippen molar-refractivity contribution in [2.45, 2.75) is 6.18 Å². The molecule has 2 aromatic rings. The molecule has 0 aromatic heterocycles. The summed E-state index contributed by atoms with van der Waals surface area (Å²) < 4.78 is 52.3. The van der Waals surface area contributed by atoms with Gasteiger partial charge in [-0.15, -0.1) is 0 Å². The van der Waals surface area contributed by atoms with Crippen LogP contribution in [0.5, 0.6) is 0 Å². The van der Waals surface area contributed by atoms with Gasteiger partial charge < -0.3 is 11.1 Å². The van der Waals surface area contributed by atoms with Crippen LogP contribution in [0, 0.1) is 5.82 Å². The van der Waals surface area contributed by atoms with E-state index in [-0.39, 0.29) is 17.1 Å². The van der Waals surface area contributed by atoms with Crippen LogP contribution in [0.3, 0.4) is 0 Å². The van der Waals surface area contributed by atoms with Gasteiger partial charge >= 0.3 is 6.18 Å². The molecule has 7 heteroatoms. The van der Waals surface area contributed by atoms with Crippen LogP contribution in [-0.2, 0) is 6.18 Å². The summed E-state index contributed by atoms with van der Waals surface area (Å²) in [5, 5.41) is 2.59. The van der Waals surface area contributed by atoms with Gasteiger partial charge in [-0.2, -0.15) is 13.2 Å². The van der Waals surface area contributed by atoms with Crippen molar-refractivity contribution in [3.05, 3.63) is 52.3 Å². The van der Waals surface area contributed by atoms with Crippen molar-refractivity contribution >= 4 is 33.0 Å². The van der Waals surface area contributed by atoms with Crippen molar-refractivity contribution in [1.82, 2.24) is 0 Å². The molecule has 0 radical (unpaired) electrons. The third-order valence-corrected chi connectivity index (χ3v) is 3.06. The summed E-state index contributed by atoms with van der Waals surface area (Å²) in [6.45, 7) is 0. The van der Waals surface area contributed by atoms with Gasteiger partial charge in [0.05, 0.1) is 11.3 Å². The van der Waals surface area contributed by atoms with Crippen molar-refractivity contribution in [3.63, 3.8) is 0 Å². The number of halogens is 5. The fourth-order valence-electron chi connectivity index (χ4n) is 1.63. The zero-order valence-corrected chi connectivity index (χ0v) is 11.5. The zero-order chi connectivity index (χ0) is 14.9. The predicted molar refractivity (Wildman–Crippen MR) is 73.2 cm³/mol. The van der Waals surface area contributed by atoms with Crippen LogP contribution >= 0.6 is 15.9 Å². The molecular weight excluding hydrogens is 340 g/mol. The highest BCUT2D eigenvalue weighted by atomic mass is 79.9. The summed E-state index contributed by atoms with van der Waals surface area (Å²) >= 11 is 3.16. The minimum Gasteiger partial charge on any atom is -0.398 e. The number of nitrogens with two attached hydrogens (primary N) is 1. The van der Waals surface area contributed by atoms with Crippen LogP contribution in [0.25, 0.3) is 0 Å². The lowest BCUT2D eigenvalue weighted by Gasteiger charge is -2.13. The Bertz CT molecular complexity index is 641. The Morgan fingerprint density at radius 3 is 2.40 bits per heavy atom. The molecule has 0 atom stereocenters. The van der Waals surface area contributed by atoms with E-state index >= 15 is 0 Å². The lowest BCUT2D eigenvalue weighted by Crippen LogP contribution is -2.09. The van der Waals surface area contributed by atoms with Crippen molar-refractivity contribution in [1.29, 1.82) is 0 Å². The monoisotopic (exact) mass is 348 g/mol. The molecule has 0 aliphatic carbocycles. The van der Waals surface area contributed by atoms with E-state index in [0.717, 1.165) is 12.1 Å². The fraction of sp³-hybridized carbons (Fsp3) is 0.0769. The van der Waals surface area contributed by atoms with Crippen LogP contribution in [0.1, 0.15) is 5.56 Å². The minimum absolute atomic E-state index is 0.0669. The normalized spacial score (nSPS) is 11.4. The molecule has 0 aliphatic heterocycles. The highest BCUT2D eigenvalue weighted by molar-refractivity contribution is 9.10. The summed E-state index contributed by atoms with van der Waals surface area (Å²) in [6, 6.07) is 7.44. The van der Waals surface area contributed by atoms with Crippen LogP contribution in [0.2, 0.25) is 0 Å². The van der Waals surface area contributed by atoms with E-state index in [1.54, 1.807) is 0 Å². The quantitative estimate of drug-likeness (QED) is 0.596. The van der Waals surface area contributed by atoms with E-state index in [4.69, 9.17) is 5.73 Å². The van der Waals surface area contributed by atoms with Crippen molar-refractivity contribution in [2.24, 2.45) is 0 Å². The third kappa shape index (κ3) is 3.22. The standard InChI is InChI=1S/C13H9BrF4N2/c14-7-1-3-10(15)12(5-7)20-8-2-4-11(19)9(6-8)13(16,17)18/h1-6,20H,19H2. The lowest BCUT2D eigenvalue weighted by atomic mass is 10.1. The number of nitrogens with one attached hydrogen (secondary N) is 1. The SMILES string of the molecule is Nc1ccc(Nc2cc(Br)ccc2F)cc1C(F)(F)F. The maximum atomic E-state index is 13.5. The van der Waals surface area contributed by atoms with Gasteiger partial charge in [0, 0.05) is 15.8 Å². The Balaban J connectivity index is 2.37. The van der Waals surface area contributed by atoms with Gasteiger partial charge in [0.15, 0.2) is 0 Å². The van der Waals surface area contributed by atoms with Gasteiger partial charge in [-0.1, -0.05) is 15.9 Å². The van der Waals surface area contributed by atoms with Crippen molar-refractivity contribution in [3.8, 4) is 0 Å². The molecule has 2 nitrogen and oxygen atoms in total. The van der Waals surface area contributed by atoms with E-state index in [2.05, 4.69) is 21.2 Å². The molecule has 2 aromatic carbocycles. The van der Waals surface area contributed by atoms with Crippen LogP contribution in [0.4, 0.5) is 34.6 Å². The van der Waals surface area contributed by atoms with Gasteiger partial charge in [-0.3, -0.25) is 0 Å². The average Bonchev–Trinajstić information content (AvgIpc) is 2.35. The number of hydrogen-bond acceptors (Lipinski definition) is 2. The number of nitrogen functional groups attached to an aromatic ring is 1. The second-order valence-electron chi connectivity index (χ2n) is 4.05. The summed E-state index contributed by atoms with van der Waals surface area (Å²) in [5.41, 5.74) is 4.12. The molecule has 0 heterocycles. The van der Waals surface area contributed by atoms with Gasteiger partial charge in [0.1, 0.15) is 5.82 Å². The Morgan fingerprint density at radius 2 is 1.75 bits per heavy atom. The second kappa shape index (κ2) is 5.32. The van der Waals surface area contributed by atoms with E-state index in [1.807, 2.05) is 0 Å². The van der Waals surface area contributed by atoms with Crippen LogP contribution in [0.15, 0.2) is 40.9 Å². The number of hydrogen-bond donors (Lipinski definition) is 2. The number of rotatable bonds is 2. The molecule has 0 amide bonds. The molecular formula is C13H9BrF4N2. The van der Waals surface area contributed by atoms with Crippen molar-refractivity contribution < 1.29 is 17.6 Å². The number of anilines is 3. The first-order chi connectivity index (χ1) is 9.27. The fourth-order valence-corrected chi connectivity index (χ4v) is 1.99. The predicted octanol–water partition coefficient (Wildman–Crippen LogP) is 4.93. The van der Waals surface area contributed by atoms with Gasteiger partial charge in [0.25, 0.3) is 0 Å². The summed E-state index contributed by atoms with van der Waals surface area (Å²) in [4.78, 5) is 0. The van der Waals surface area contributed by atoms with E-state index in [9.17, 15) is 17.6 Å². The molecule has 3 N–H and O–H groups in total. The van der Waals surface area contributed by atoms with Crippen molar-refractivity contribution in [2.75, 3.05) is 11.1 Å². The molecule has 106 valence electrons. The van der Waals surface area contributed by atoms with Gasteiger partial charge in [-0.25, -0.2) is 4.39 Å². The topological polar surface area (TPSA) is 38.0 Å². The highest BCUT2D eigenvalue weighted by Gasteiger charge is 2.33. The zero-order valence-electron chi connectivity index (χ0n) is 9.93. The van der Waals surface area contributed by atoms with E-state index < -0.39 is 17.6 Å². The second-order valence-corrected chi connectivity index (χ2v) is 4.96. The molecule has 0 fully saturated rings. The summed E-state index contributed by atoms with van der Waals surface area (Å²) in [6.07, 6.45) is -4.56. The lowest BCUT2D eigenvalue weighted by molar-refractivity contribution is -0.136. The smallest absolute Gasteiger partial charge is 0.398 e.